The van der Waals surface area contributed by atoms with E-state index in [9.17, 15) is 13.2 Å². The van der Waals surface area contributed by atoms with Crippen LogP contribution in [0.3, 0.4) is 0 Å². The van der Waals surface area contributed by atoms with E-state index in [1.165, 1.54) is 40.9 Å². The third kappa shape index (κ3) is 37.9. The van der Waals surface area contributed by atoms with Crippen LogP contribution in [-0.4, -0.2) is 6.18 Å². The Labute approximate surface area is 265 Å². The molecule has 0 saturated carbocycles. The monoisotopic (exact) mass is 613 g/mol. The van der Waals surface area contributed by atoms with Crippen LogP contribution in [-0.2, 0) is 0 Å². The largest absolute Gasteiger partial charge is 0.392 e. The summed E-state index contributed by atoms with van der Waals surface area (Å²) in [5.74, 6) is -1.23. The molecule has 42 heavy (non-hydrogen) atoms. The van der Waals surface area contributed by atoms with Crippen molar-refractivity contribution in [1.82, 2.24) is 5.32 Å². The second kappa shape index (κ2) is 36.9. The summed E-state index contributed by atoms with van der Waals surface area (Å²) < 4.78 is 37.1. The zero-order valence-electron chi connectivity index (χ0n) is 29.3. The maximum Gasteiger partial charge on any atom is 0.392 e. The molecule has 0 aromatic heterocycles. The van der Waals surface area contributed by atoms with Gasteiger partial charge in [-0.05, 0) is 93.9 Å². The maximum atomic E-state index is 12.4. The third-order valence-electron chi connectivity index (χ3n) is 5.43. The highest BCUT2D eigenvalue weighted by Crippen LogP contribution is 2.31. The van der Waals surface area contributed by atoms with Crippen molar-refractivity contribution < 1.29 is 13.2 Å². The van der Waals surface area contributed by atoms with Gasteiger partial charge in [-0.1, -0.05) is 123 Å². The first kappa shape index (κ1) is 49.5. The molecule has 0 bridgehead atoms. The van der Waals surface area contributed by atoms with Gasteiger partial charge >= 0.3 is 6.18 Å². The van der Waals surface area contributed by atoms with Crippen LogP contribution in [0, 0.1) is 5.92 Å². The molecule has 0 aromatic carbocycles. The quantitative estimate of drug-likeness (QED) is 0.184. The second-order valence-electron chi connectivity index (χ2n) is 8.99. The fraction of sp³-hybridized carbons (Fsp3) is 0.568. The third-order valence-corrected chi connectivity index (χ3v) is 6.35. The van der Waals surface area contributed by atoms with Crippen LogP contribution in [0.15, 0.2) is 95.1 Å². The number of halogens is 3. The zero-order chi connectivity index (χ0) is 34.0. The summed E-state index contributed by atoms with van der Waals surface area (Å²) in [6.07, 6.45) is 14.4. The van der Waals surface area contributed by atoms with Crippen LogP contribution in [0.4, 0.5) is 13.2 Å². The fourth-order valence-corrected chi connectivity index (χ4v) is 3.30. The normalized spacial score (nSPS) is 12.6. The average molecular weight is 614 g/mol. The summed E-state index contributed by atoms with van der Waals surface area (Å²) in [6, 6.07) is 0. The lowest BCUT2D eigenvalue weighted by atomic mass is 10.0. The Hall–Kier alpha value is -2.14. The Bertz CT molecular complexity index is 796. The number of unbranched alkanes of at least 4 members (excludes halogenated alkanes) is 1. The molecule has 0 spiro atoms. The molecule has 0 radical (unpaired) electrons. The summed E-state index contributed by atoms with van der Waals surface area (Å²) in [6.45, 7) is 35.3. The first-order valence-corrected chi connectivity index (χ1v) is 16.5. The minimum Gasteiger partial charge on any atom is -0.368 e. The second-order valence-corrected chi connectivity index (χ2v) is 10.2. The van der Waals surface area contributed by atoms with Crippen LogP contribution < -0.4 is 5.32 Å². The van der Waals surface area contributed by atoms with Gasteiger partial charge in [-0.15, -0.1) is 11.8 Å². The Morgan fingerprint density at radius 3 is 1.88 bits per heavy atom. The van der Waals surface area contributed by atoms with Crippen molar-refractivity contribution in [3.63, 3.8) is 0 Å². The van der Waals surface area contributed by atoms with Crippen molar-refractivity contribution in [2.75, 3.05) is 0 Å². The van der Waals surface area contributed by atoms with Gasteiger partial charge in [0.05, 0.1) is 5.92 Å². The molecule has 1 N–H and O–H groups in total. The molecule has 5 heteroatoms. The number of rotatable bonds is 15. The van der Waals surface area contributed by atoms with Crippen LogP contribution in [0.25, 0.3) is 0 Å². The SMILES string of the molecule is C=C(C)S/C=C(\C)CCCC.C=C/C(=C\C=C/CC(CC)C(F)(F)F)CC.C=CN/C=C(C)/C(C)=C\CC.CC.CC. The summed E-state index contributed by atoms with van der Waals surface area (Å²) in [5, 5.41) is 5.15. The molecule has 0 aliphatic rings. The molecular weight excluding hydrogens is 547 g/mol. The Balaban J connectivity index is -0.000000157. The number of thioether (sulfide) groups is 1. The molecule has 246 valence electrons. The zero-order valence-corrected chi connectivity index (χ0v) is 30.1. The molecule has 1 unspecified atom stereocenters. The van der Waals surface area contributed by atoms with Crippen LogP contribution in [0.5, 0.6) is 0 Å². The molecule has 1 nitrogen and oxygen atoms in total. The Morgan fingerprint density at radius 2 is 1.50 bits per heavy atom. The number of allylic oxidation sites excluding steroid dienone is 10. The van der Waals surface area contributed by atoms with Gasteiger partial charge in [0.2, 0.25) is 0 Å². The Kier molecular flexibility index (Phi) is 43.5. The number of hydrogen-bond acceptors (Lipinski definition) is 2. The van der Waals surface area contributed by atoms with Gasteiger partial charge in [-0.25, -0.2) is 0 Å². The highest BCUT2D eigenvalue weighted by molar-refractivity contribution is 8.05. The molecule has 0 aromatic rings. The van der Waals surface area contributed by atoms with E-state index in [-0.39, 0.29) is 12.8 Å². The van der Waals surface area contributed by atoms with Crippen molar-refractivity contribution in [3.05, 3.63) is 95.1 Å². The van der Waals surface area contributed by atoms with Crippen molar-refractivity contribution in [1.29, 1.82) is 0 Å². The van der Waals surface area contributed by atoms with E-state index < -0.39 is 12.1 Å². The van der Waals surface area contributed by atoms with Gasteiger partial charge in [0.1, 0.15) is 0 Å². The molecule has 0 amide bonds. The van der Waals surface area contributed by atoms with Crippen molar-refractivity contribution in [3.8, 4) is 0 Å². The number of nitrogens with one attached hydrogen (secondary N) is 1. The number of hydrogen-bond donors (Lipinski definition) is 1. The average Bonchev–Trinajstić information content (AvgIpc) is 2.97. The number of alkyl halides is 3. The van der Waals surface area contributed by atoms with E-state index >= 15 is 0 Å². The van der Waals surface area contributed by atoms with E-state index in [1.54, 1.807) is 49.2 Å². The lowest BCUT2D eigenvalue weighted by molar-refractivity contribution is -0.174. The lowest BCUT2D eigenvalue weighted by Gasteiger charge is -2.16. The van der Waals surface area contributed by atoms with Crippen LogP contribution >= 0.6 is 11.8 Å². The fourth-order valence-electron chi connectivity index (χ4n) is 2.78. The minimum absolute atomic E-state index is 0.0463. The molecule has 0 fully saturated rings. The maximum absolute atomic E-state index is 12.4. The molecule has 0 aliphatic carbocycles. The van der Waals surface area contributed by atoms with E-state index in [1.807, 2.05) is 47.7 Å². The van der Waals surface area contributed by atoms with Gasteiger partial charge in [-0.3, -0.25) is 0 Å². The van der Waals surface area contributed by atoms with Crippen LogP contribution in [0.1, 0.15) is 128 Å². The van der Waals surface area contributed by atoms with Gasteiger partial charge in [0.25, 0.3) is 0 Å². The molecule has 1 atom stereocenters. The van der Waals surface area contributed by atoms with Crippen molar-refractivity contribution in [2.24, 2.45) is 5.92 Å². The smallest absolute Gasteiger partial charge is 0.368 e. The topological polar surface area (TPSA) is 12.0 Å². The predicted octanol–water partition coefficient (Wildman–Crippen LogP) is 14.4. The minimum atomic E-state index is -4.09. The first-order chi connectivity index (χ1) is 19.8. The molecule has 0 saturated heterocycles. The highest BCUT2D eigenvalue weighted by atomic mass is 32.2. The van der Waals surface area contributed by atoms with Crippen molar-refractivity contribution >= 4 is 11.8 Å². The summed E-state index contributed by atoms with van der Waals surface area (Å²) >= 11 is 1.73. The highest BCUT2D eigenvalue weighted by Gasteiger charge is 2.36. The predicted molar refractivity (Wildman–Crippen MR) is 192 cm³/mol. The molecule has 0 aliphatic heterocycles. The van der Waals surface area contributed by atoms with Gasteiger partial charge in [0.15, 0.2) is 0 Å². The van der Waals surface area contributed by atoms with E-state index in [0.29, 0.717) is 0 Å². The summed E-state index contributed by atoms with van der Waals surface area (Å²) in [7, 11) is 0. The van der Waals surface area contributed by atoms with E-state index in [4.69, 9.17) is 0 Å². The van der Waals surface area contributed by atoms with E-state index in [2.05, 4.69) is 71.2 Å². The van der Waals surface area contributed by atoms with E-state index in [0.717, 1.165) is 18.4 Å². The lowest BCUT2D eigenvalue weighted by Crippen LogP contribution is -2.21. The molecule has 0 heterocycles. The van der Waals surface area contributed by atoms with Crippen LogP contribution in [0.2, 0.25) is 0 Å². The summed E-state index contributed by atoms with van der Waals surface area (Å²) in [5.41, 5.74) is 5.07. The van der Waals surface area contributed by atoms with Gasteiger partial charge in [-0.2, -0.15) is 13.2 Å². The molecular formula is C37H66F3NS. The Morgan fingerprint density at radius 1 is 0.929 bits per heavy atom. The summed E-state index contributed by atoms with van der Waals surface area (Å²) in [4.78, 5) is 1.17. The standard InChI is InChI=1S/C13H19F3.C10H17N.C10H18S.2C2H6/c1-4-11(5-2)9-7-8-10-12(6-3)13(14,15)16;1-5-7-9(3)10(4)8-11-6-2;1-5-6-7-10(4)8-11-9(2)3;2*1-2/h4,7-9,12H,1,5-6,10H2,2-3H3;6-8,11H,2,5H2,1,3-4H3;8H,2,5-7H2,1,3-4H3;2*1-2H3/b8-7-,11-9+;9-7-,10-8+;10-8+;;. The first-order valence-electron chi connectivity index (χ1n) is 15.6. The molecule has 0 rings (SSSR count). The van der Waals surface area contributed by atoms with Gasteiger partial charge in [0, 0.05) is 6.20 Å². The van der Waals surface area contributed by atoms with Gasteiger partial charge < -0.3 is 5.32 Å². The van der Waals surface area contributed by atoms with Crippen molar-refractivity contribution in [2.45, 2.75) is 134 Å².